The number of anilines is 2. The smallest absolute Gasteiger partial charge is 0.411 e. The zero-order chi connectivity index (χ0) is 22.9. The number of benzene rings is 2. The van der Waals surface area contributed by atoms with E-state index in [0.29, 0.717) is 36.4 Å². The fourth-order valence-electron chi connectivity index (χ4n) is 2.97. The minimum atomic E-state index is -5.90. The Morgan fingerprint density at radius 1 is 0.867 bits per heavy atom. The van der Waals surface area contributed by atoms with E-state index in [-0.39, 0.29) is 0 Å². The van der Waals surface area contributed by atoms with Crippen molar-refractivity contribution in [2.75, 3.05) is 24.2 Å². The third-order valence-corrected chi connectivity index (χ3v) is 4.48. The van der Waals surface area contributed by atoms with E-state index in [4.69, 9.17) is 10.8 Å². The van der Waals surface area contributed by atoms with Gasteiger partial charge in [-0.3, -0.25) is 0 Å². The molecular formula is C18H18F6N2O4. The highest BCUT2D eigenvalue weighted by atomic mass is 19.4. The Kier molecular flexibility index (Phi) is 6.33. The number of aliphatic hydroxyl groups is 2. The number of hydrogen-bond acceptors (Lipinski definition) is 6. The van der Waals surface area contributed by atoms with Crippen LogP contribution < -0.4 is 11.1 Å². The minimum absolute atomic E-state index is 0.381. The number of nitrogens with two attached hydrogens (primary N) is 1. The molecule has 7 N–H and O–H groups in total. The van der Waals surface area contributed by atoms with Crippen molar-refractivity contribution >= 4 is 11.4 Å². The van der Waals surface area contributed by atoms with Gasteiger partial charge in [-0.25, -0.2) is 0 Å². The summed E-state index contributed by atoms with van der Waals surface area (Å²) < 4.78 is 84.6. The molecule has 1 unspecified atom stereocenters. The zero-order valence-corrected chi connectivity index (χ0v) is 15.1. The first-order chi connectivity index (χ1) is 13.8. The van der Waals surface area contributed by atoms with Gasteiger partial charge >= 0.3 is 12.4 Å². The SMILES string of the molecule is Nc1cc(C(c2ccc(O)c(NCC(O)CO)c2)(C(F)(F)F)C(F)(F)F)ccc1O. The number of phenolic OH excluding ortho intramolecular Hbond substituents is 2. The second-order valence-corrected chi connectivity index (χ2v) is 6.47. The van der Waals surface area contributed by atoms with Gasteiger partial charge in [0.15, 0.2) is 0 Å². The summed E-state index contributed by atoms with van der Waals surface area (Å²) in [7, 11) is 0. The molecule has 30 heavy (non-hydrogen) atoms. The van der Waals surface area contributed by atoms with Crippen LogP contribution in [0.25, 0.3) is 0 Å². The van der Waals surface area contributed by atoms with Crippen molar-refractivity contribution in [2.24, 2.45) is 0 Å². The largest absolute Gasteiger partial charge is 0.506 e. The maximum absolute atomic E-state index is 14.1. The van der Waals surface area contributed by atoms with E-state index in [1.807, 2.05) is 0 Å². The minimum Gasteiger partial charge on any atom is -0.506 e. The Morgan fingerprint density at radius 3 is 1.83 bits per heavy atom. The number of aromatic hydroxyl groups is 2. The molecule has 166 valence electrons. The first-order valence-corrected chi connectivity index (χ1v) is 8.34. The molecule has 2 aromatic rings. The van der Waals surface area contributed by atoms with Crippen molar-refractivity contribution in [1.29, 1.82) is 0 Å². The molecule has 2 aromatic carbocycles. The van der Waals surface area contributed by atoms with Gasteiger partial charge in [0.1, 0.15) is 11.5 Å². The molecule has 0 aliphatic heterocycles. The summed E-state index contributed by atoms with van der Waals surface area (Å²) in [5, 5.41) is 39.7. The highest BCUT2D eigenvalue weighted by Crippen LogP contribution is 2.57. The predicted molar refractivity (Wildman–Crippen MR) is 95.1 cm³/mol. The molecule has 0 bridgehead atoms. The maximum atomic E-state index is 14.1. The van der Waals surface area contributed by atoms with E-state index in [1.54, 1.807) is 0 Å². The summed E-state index contributed by atoms with van der Waals surface area (Å²) in [5.74, 6) is -1.37. The van der Waals surface area contributed by atoms with Crippen LogP contribution in [0.2, 0.25) is 0 Å². The molecule has 0 heterocycles. The Bertz CT molecular complexity index is 887. The highest BCUT2D eigenvalue weighted by Gasteiger charge is 2.72. The Labute approximate surface area is 166 Å². The average molecular weight is 440 g/mol. The van der Waals surface area contributed by atoms with Gasteiger partial charge in [-0.1, -0.05) is 12.1 Å². The molecule has 0 aliphatic rings. The number of nitrogens with one attached hydrogen (secondary N) is 1. The van der Waals surface area contributed by atoms with Gasteiger partial charge in [0, 0.05) is 6.54 Å². The topological polar surface area (TPSA) is 119 Å². The summed E-state index contributed by atoms with van der Waals surface area (Å²) in [6.07, 6.45) is -13.2. The van der Waals surface area contributed by atoms with Crippen molar-refractivity contribution < 1.29 is 46.8 Å². The summed E-state index contributed by atoms with van der Waals surface area (Å²) in [6.45, 7) is -1.18. The normalized spacial score (nSPS) is 13.9. The fraction of sp³-hybridized carbons (Fsp3) is 0.333. The fourth-order valence-corrected chi connectivity index (χ4v) is 2.97. The number of alkyl halides is 6. The lowest BCUT2D eigenvalue weighted by molar-refractivity contribution is -0.288. The van der Waals surface area contributed by atoms with Crippen molar-refractivity contribution in [2.45, 2.75) is 23.9 Å². The second kappa shape index (κ2) is 8.11. The summed E-state index contributed by atoms with van der Waals surface area (Å²) in [6, 6.07) is 3.01. The quantitative estimate of drug-likeness (QED) is 0.234. The summed E-state index contributed by atoms with van der Waals surface area (Å²) >= 11 is 0. The first kappa shape index (κ1) is 23.4. The number of rotatable bonds is 6. The van der Waals surface area contributed by atoms with Gasteiger partial charge in [-0.05, 0) is 35.4 Å². The third-order valence-electron chi connectivity index (χ3n) is 4.48. The van der Waals surface area contributed by atoms with Crippen LogP contribution in [0.4, 0.5) is 37.7 Å². The van der Waals surface area contributed by atoms with E-state index in [9.17, 15) is 41.7 Å². The molecule has 0 amide bonds. The third kappa shape index (κ3) is 4.05. The summed E-state index contributed by atoms with van der Waals surface area (Å²) in [5.41, 5.74) is -2.98. The van der Waals surface area contributed by atoms with Gasteiger partial charge < -0.3 is 31.5 Å². The van der Waals surface area contributed by atoms with E-state index in [0.717, 1.165) is 0 Å². The molecule has 0 aliphatic carbocycles. The average Bonchev–Trinajstić information content (AvgIpc) is 2.62. The maximum Gasteiger partial charge on any atom is 0.411 e. The standard InChI is InChI=1S/C18H18F6N2O4/c19-17(20,21)16(18(22,23)24,9-1-3-14(29)12(25)5-9)10-2-4-15(30)13(6-10)26-7-11(28)8-27/h1-6,11,26-30H,7-8,25H2. The van der Waals surface area contributed by atoms with Crippen LogP contribution in [0, 0.1) is 0 Å². The van der Waals surface area contributed by atoms with Crippen LogP contribution >= 0.6 is 0 Å². The van der Waals surface area contributed by atoms with E-state index in [2.05, 4.69) is 5.32 Å². The lowest BCUT2D eigenvalue weighted by Gasteiger charge is -2.38. The molecule has 0 aromatic heterocycles. The van der Waals surface area contributed by atoms with Gasteiger partial charge in [0.05, 0.1) is 24.1 Å². The van der Waals surface area contributed by atoms with Crippen LogP contribution in [0.15, 0.2) is 36.4 Å². The summed E-state index contributed by atoms with van der Waals surface area (Å²) in [4.78, 5) is 0. The van der Waals surface area contributed by atoms with Crippen LogP contribution in [-0.4, -0.2) is 52.0 Å². The number of halogens is 6. The van der Waals surface area contributed by atoms with Crippen LogP contribution in [0.1, 0.15) is 11.1 Å². The Balaban J connectivity index is 2.79. The number of nitrogen functional groups attached to an aromatic ring is 1. The molecule has 0 radical (unpaired) electrons. The van der Waals surface area contributed by atoms with E-state index < -0.39 is 71.0 Å². The molecule has 0 spiro atoms. The molecule has 12 heteroatoms. The monoisotopic (exact) mass is 440 g/mol. The second-order valence-electron chi connectivity index (χ2n) is 6.47. The molecule has 1 atom stereocenters. The Morgan fingerprint density at radius 2 is 1.37 bits per heavy atom. The highest BCUT2D eigenvalue weighted by molar-refractivity contribution is 5.62. The van der Waals surface area contributed by atoms with Gasteiger partial charge in [-0.15, -0.1) is 0 Å². The van der Waals surface area contributed by atoms with E-state index >= 15 is 0 Å². The number of phenols is 2. The van der Waals surface area contributed by atoms with Crippen LogP contribution in [-0.2, 0) is 5.41 Å². The molecule has 0 fully saturated rings. The van der Waals surface area contributed by atoms with Gasteiger partial charge in [0.2, 0.25) is 5.41 Å². The van der Waals surface area contributed by atoms with Crippen molar-refractivity contribution in [1.82, 2.24) is 0 Å². The zero-order valence-electron chi connectivity index (χ0n) is 15.1. The van der Waals surface area contributed by atoms with Gasteiger partial charge in [0.25, 0.3) is 0 Å². The number of hydrogen-bond donors (Lipinski definition) is 6. The molecule has 0 saturated heterocycles. The van der Waals surface area contributed by atoms with Crippen LogP contribution in [0.5, 0.6) is 11.5 Å². The van der Waals surface area contributed by atoms with Crippen molar-refractivity contribution in [3.05, 3.63) is 47.5 Å². The Hall–Kier alpha value is -2.86. The van der Waals surface area contributed by atoms with Crippen molar-refractivity contribution in [3.8, 4) is 11.5 Å². The molecule has 0 saturated carbocycles. The predicted octanol–water partition coefficient (Wildman–Crippen LogP) is 2.86. The first-order valence-electron chi connectivity index (χ1n) is 8.34. The molecule has 6 nitrogen and oxygen atoms in total. The molecule has 2 rings (SSSR count). The van der Waals surface area contributed by atoms with Crippen LogP contribution in [0.3, 0.4) is 0 Å². The van der Waals surface area contributed by atoms with Gasteiger partial charge in [-0.2, -0.15) is 26.3 Å². The lowest BCUT2D eigenvalue weighted by atomic mass is 9.72. The lowest BCUT2D eigenvalue weighted by Crippen LogP contribution is -2.54. The molecular weight excluding hydrogens is 422 g/mol. The van der Waals surface area contributed by atoms with E-state index in [1.165, 1.54) is 0 Å². The number of aliphatic hydroxyl groups excluding tert-OH is 2. The van der Waals surface area contributed by atoms with Crippen molar-refractivity contribution in [3.63, 3.8) is 0 Å².